The van der Waals surface area contributed by atoms with E-state index < -0.39 is 5.92 Å². The highest BCUT2D eigenvalue weighted by molar-refractivity contribution is 5.95. The maximum atomic E-state index is 13.6. The molecule has 0 atom stereocenters. The van der Waals surface area contributed by atoms with Crippen molar-refractivity contribution in [2.24, 2.45) is 0 Å². The van der Waals surface area contributed by atoms with Crippen molar-refractivity contribution in [3.05, 3.63) is 48.8 Å². The van der Waals surface area contributed by atoms with Gasteiger partial charge in [0.15, 0.2) is 5.82 Å². The molecule has 4 aromatic rings. The number of pyridine rings is 2. The Bertz CT molecular complexity index is 1140. The number of aromatic amines is 1. The van der Waals surface area contributed by atoms with E-state index in [1.165, 1.54) is 0 Å². The molecule has 0 unspecified atom stereocenters. The van der Waals surface area contributed by atoms with Gasteiger partial charge in [-0.3, -0.25) is 10.1 Å². The zero-order valence-corrected chi connectivity index (χ0v) is 14.3. The molecule has 1 aliphatic rings. The Morgan fingerprint density at radius 2 is 2.04 bits per heavy atom. The highest BCUT2D eigenvalue weighted by Gasteiger charge is 2.39. The molecular formula is C19H16F2N6. The van der Waals surface area contributed by atoms with E-state index in [0.717, 1.165) is 27.5 Å². The van der Waals surface area contributed by atoms with Gasteiger partial charge < -0.3 is 10.2 Å². The van der Waals surface area contributed by atoms with E-state index in [0.29, 0.717) is 18.2 Å². The Balaban J connectivity index is 1.49. The van der Waals surface area contributed by atoms with Crippen molar-refractivity contribution in [2.75, 3.05) is 23.3 Å². The van der Waals surface area contributed by atoms with Crippen molar-refractivity contribution in [3.63, 3.8) is 0 Å². The molecule has 1 saturated heterocycles. The number of nitrogens with one attached hydrogen (secondary N) is 2. The number of fused-ring (bicyclic) bond motifs is 2. The second-order valence-corrected chi connectivity index (χ2v) is 6.69. The molecule has 8 heteroatoms. The first-order valence-corrected chi connectivity index (χ1v) is 8.67. The molecule has 0 spiro atoms. The molecule has 0 aliphatic carbocycles. The molecule has 4 heterocycles. The summed E-state index contributed by atoms with van der Waals surface area (Å²) in [5.41, 5.74) is 2.44. The van der Waals surface area contributed by atoms with Crippen LogP contribution in [0.3, 0.4) is 0 Å². The Morgan fingerprint density at radius 1 is 1.11 bits per heavy atom. The van der Waals surface area contributed by atoms with Gasteiger partial charge in [0.25, 0.3) is 5.92 Å². The lowest BCUT2D eigenvalue weighted by Crippen LogP contribution is -2.25. The van der Waals surface area contributed by atoms with E-state index in [-0.39, 0.29) is 13.0 Å². The van der Waals surface area contributed by atoms with Crippen LogP contribution >= 0.6 is 0 Å². The summed E-state index contributed by atoms with van der Waals surface area (Å²) in [5.74, 6) is -1.42. The lowest BCUT2D eigenvalue weighted by atomic mass is 10.1. The number of anilines is 3. The number of nitrogens with zero attached hydrogens (tertiary/aromatic N) is 4. The van der Waals surface area contributed by atoms with Gasteiger partial charge in [-0.25, -0.2) is 13.8 Å². The lowest BCUT2D eigenvalue weighted by molar-refractivity contribution is 0.0257. The second-order valence-electron chi connectivity index (χ2n) is 6.69. The van der Waals surface area contributed by atoms with Crippen LogP contribution in [0, 0.1) is 0 Å². The molecule has 5 rings (SSSR count). The molecule has 136 valence electrons. The van der Waals surface area contributed by atoms with Crippen molar-refractivity contribution in [2.45, 2.75) is 12.3 Å². The Kier molecular flexibility index (Phi) is 3.46. The van der Waals surface area contributed by atoms with Crippen LogP contribution in [-0.4, -0.2) is 39.2 Å². The third-order valence-corrected chi connectivity index (χ3v) is 4.80. The van der Waals surface area contributed by atoms with Gasteiger partial charge in [0.2, 0.25) is 0 Å². The predicted molar refractivity (Wildman–Crippen MR) is 101 cm³/mol. The molecule has 1 fully saturated rings. The van der Waals surface area contributed by atoms with Crippen LogP contribution in [0.25, 0.3) is 21.8 Å². The first-order chi connectivity index (χ1) is 13.1. The van der Waals surface area contributed by atoms with Gasteiger partial charge >= 0.3 is 0 Å². The minimum atomic E-state index is -2.65. The number of hydrogen-bond donors (Lipinski definition) is 2. The quantitative estimate of drug-likeness (QED) is 0.571. The fourth-order valence-corrected chi connectivity index (χ4v) is 3.49. The van der Waals surface area contributed by atoms with E-state index in [1.54, 1.807) is 17.3 Å². The number of aromatic nitrogens is 4. The summed E-state index contributed by atoms with van der Waals surface area (Å²) in [5, 5.41) is 12.2. The third-order valence-electron chi connectivity index (χ3n) is 4.80. The Hall–Kier alpha value is -3.29. The Labute approximate surface area is 153 Å². The number of rotatable bonds is 3. The number of H-pyrrole nitrogens is 1. The van der Waals surface area contributed by atoms with Crippen molar-refractivity contribution < 1.29 is 8.78 Å². The Morgan fingerprint density at radius 3 is 2.89 bits per heavy atom. The minimum Gasteiger partial charge on any atom is -0.350 e. The van der Waals surface area contributed by atoms with E-state index in [2.05, 4.69) is 25.5 Å². The molecule has 3 aromatic heterocycles. The third kappa shape index (κ3) is 2.83. The van der Waals surface area contributed by atoms with Crippen LogP contribution in [0.15, 0.2) is 48.8 Å². The smallest absolute Gasteiger partial charge is 0.266 e. The van der Waals surface area contributed by atoms with Gasteiger partial charge in [0.05, 0.1) is 12.1 Å². The highest BCUT2D eigenvalue weighted by Crippen LogP contribution is 2.34. The molecule has 6 nitrogen and oxygen atoms in total. The van der Waals surface area contributed by atoms with E-state index in [9.17, 15) is 8.78 Å². The van der Waals surface area contributed by atoms with Crippen LogP contribution < -0.4 is 10.2 Å². The fourth-order valence-electron chi connectivity index (χ4n) is 3.49. The maximum absolute atomic E-state index is 13.6. The van der Waals surface area contributed by atoms with Crippen molar-refractivity contribution >= 4 is 39.1 Å². The fraction of sp³-hybridized carbons (Fsp3) is 0.211. The van der Waals surface area contributed by atoms with Crippen molar-refractivity contribution in [1.82, 2.24) is 20.2 Å². The summed E-state index contributed by atoms with van der Waals surface area (Å²) in [6.45, 7) is 0.0219. The topological polar surface area (TPSA) is 69.7 Å². The van der Waals surface area contributed by atoms with Crippen LogP contribution in [0.2, 0.25) is 0 Å². The van der Waals surface area contributed by atoms with E-state index >= 15 is 0 Å². The molecule has 27 heavy (non-hydrogen) atoms. The summed E-state index contributed by atoms with van der Waals surface area (Å²) in [6.07, 6.45) is 3.24. The second kappa shape index (κ2) is 5.87. The highest BCUT2D eigenvalue weighted by atomic mass is 19.3. The first-order valence-electron chi connectivity index (χ1n) is 8.67. The molecule has 1 aromatic carbocycles. The number of benzene rings is 1. The summed E-state index contributed by atoms with van der Waals surface area (Å²) in [4.78, 5) is 10.3. The molecule has 0 bridgehead atoms. The standard InChI is InChI=1S/C19H16F2N6/c20-19(21)6-9-27(11-19)18-14-4-3-13(10-12(14)5-8-23-18)24-17-16-15(25-26-17)2-1-7-22-16/h1-5,7-8,10H,6,9,11H2,(H2,24,25,26). The van der Waals surface area contributed by atoms with Crippen molar-refractivity contribution in [3.8, 4) is 0 Å². The lowest BCUT2D eigenvalue weighted by Gasteiger charge is -2.19. The van der Waals surface area contributed by atoms with Gasteiger partial charge in [0, 0.05) is 36.4 Å². The minimum absolute atomic E-state index is 0.135. The first kappa shape index (κ1) is 15.9. The maximum Gasteiger partial charge on any atom is 0.266 e. The largest absolute Gasteiger partial charge is 0.350 e. The van der Waals surface area contributed by atoms with Gasteiger partial charge in [-0.15, -0.1) is 0 Å². The molecule has 0 radical (unpaired) electrons. The van der Waals surface area contributed by atoms with Gasteiger partial charge in [-0.2, -0.15) is 5.10 Å². The predicted octanol–water partition coefficient (Wildman–Crippen LogP) is 4.10. The zero-order chi connectivity index (χ0) is 18.4. The van der Waals surface area contributed by atoms with Crippen LogP contribution in [0.5, 0.6) is 0 Å². The van der Waals surface area contributed by atoms with Crippen molar-refractivity contribution in [1.29, 1.82) is 0 Å². The van der Waals surface area contributed by atoms with Crippen LogP contribution in [-0.2, 0) is 0 Å². The SMILES string of the molecule is FC1(F)CCN(c2nccc3cc(Nc4n[nH]c5cccnc45)ccc23)C1. The average molecular weight is 366 g/mol. The van der Waals surface area contributed by atoms with E-state index in [1.807, 2.05) is 36.4 Å². The number of alkyl halides is 2. The summed E-state index contributed by atoms with van der Waals surface area (Å²) >= 11 is 0. The average Bonchev–Trinajstić information content (AvgIpc) is 3.24. The molecule has 2 N–H and O–H groups in total. The van der Waals surface area contributed by atoms with Crippen LogP contribution in [0.1, 0.15) is 6.42 Å². The van der Waals surface area contributed by atoms with Gasteiger partial charge in [-0.05, 0) is 41.8 Å². The zero-order valence-electron chi connectivity index (χ0n) is 14.3. The molecular weight excluding hydrogens is 350 g/mol. The number of hydrogen-bond acceptors (Lipinski definition) is 5. The number of halogens is 2. The summed E-state index contributed by atoms with van der Waals surface area (Å²) < 4.78 is 27.2. The summed E-state index contributed by atoms with van der Waals surface area (Å²) in [7, 11) is 0. The van der Waals surface area contributed by atoms with E-state index in [4.69, 9.17) is 0 Å². The van der Waals surface area contributed by atoms with Crippen LogP contribution in [0.4, 0.5) is 26.1 Å². The normalized spacial score (nSPS) is 16.3. The van der Waals surface area contributed by atoms with Gasteiger partial charge in [-0.1, -0.05) is 0 Å². The van der Waals surface area contributed by atoms with Gasteiger partial charge in [0.1, 0.15) is 11.3 Å². The molecule has 0 saturated carbocycles. The monoisotopic (exact) mass is 366 g/mol. The molecule has 1 aliphatic heterocycles. The summed E-state index contributed by atoms with van der Waals surface area (Å²) in [6, 6.07) is 11.4. The molecule has 0 amide bonds.